The molecule has 0 fully saturated rings. The molecule has 0 saturated heterocycles. The fourth-order valence-corrected chi connectivity index (χ4v) is 3.68. The molecule has 5 nitrogen and oxygen atoms in total. The number of hydrogen-bond acceptors (Lipinski definition) is 4. The van der Waals surface area contributed by atoms with Gasteiger partial charge in [0.05, 0.1) is 22.5 Å². The monoisotopic (exact) mass is 400 g/mol. The van der Waals surface area contributed by atoms with Gasteiger partial charge in [-0.1, -0.05) is 51.1 Å². The first kappa shape index (κ1) is 19.7. The maximum absolute atomic E-state index is 13.1. The Kier molecular flexibility index (Phi) is 4.61. The lowest BCUT2D eigenvalue weighted by atomic mass is 9.86. The molecule has 1 aliphatic heterocycles. The van der Waals surface area contributed by atoms with Crippen LogP contribution in [0.1, 0.15) is 47.1 Å². The van der Waals surface area contributed by atoms with Gasteiger partial charge in [-0.3, -0.25) is 9.59 Å². The summed E-state index contributed by atoms with van der Waals surface area (Å²) in [4.78, 5) is 27.2. The molecular formula is C25H24N2O3. The lowest BCUT2D eigenvalue weighted by Gasteiger charge is -2.19. The minimum atomic E-state index is -0.365. The summed E-state index contributed by atoms with van der Waals surface area (Å²) in [5.74, 6) is -0.674. The van der Waals surface area contributed by atoms with Crippen molar-refractivity contribution in [1.82, 2.24) is 0 Å². The molecule has 1 heterocycles. The van der Waals surface area contributed by atoms with E-state index in [4.69, 9.17) is 0 Å². The smallest absolute Gasteiger partial charge is 0.266 e. The van der Waals surface area contributed by atoms with Gasteiger partial charge in [-0.05, 0) is 52.4 Å². The van der Waals surface area contributed by atoms with Crippen LogP contribution in [0.2, 0.25) is 0 Å². The van der Waals surface area contributed by atoms with Crippen LogP contribution in [0.25, 0.3) is 11.1 Å². The molecule has 3 aromatic rings. The Morgan fingerprint density at radius 3 is 2.07 bits per heavy atom. The number of carbonyl (C=O) groups excluding carboxylic acids is 2. The molecule has 0 aliphatic carbocycles. The number of imide groups is 1. The van der Waals surface area contributed by atoms with Gasteiger partial charge in [0, 0.05) is 7.05 Å². The largest absolute Gasteiger partial charge is 0.506 e. The van der Waals surface area contributed by atoms with Crippen LogP contribution >= 0.6 is 0 Å². The van der Waals surface area contributed by atoms with Crippen molar-refractivity contribution in [2.24, 2.45) is 0 Å². The molecule has 0 radical (unpaired) electrons. The third-order valence-corrected chi connectivity index (χ3v) is 5.48. The Bertz CT molecular complexity index is 1160. The lowest BCUT2D eigenvalue weighted by Crippen LogP contribution is -2.29. The summed E-state index contributed by atoms with van der Waals surface area (Å²) in [6.07, 6.45) is 0. The van der Waals surface area contributed by atoms with Crippen molar-refractivity contribution in [3.63, 3.8) is 0 Å². The molecule has 0 spiro atoms. The summed E-state index contributed by atoms with van der Waals surface area (Å²) in [7, 11) is 1.67. The van der Waals surface area contributed by atoms with Crippen LogP contribution in [0.3, 0.4) is 0 Å². The van der Waals surface area contributed by atoms with Gasteiger partial charge in [0.2, 0.25) is 0 Å². The van der Waals surface area contributed by atoms with Crippen LogP contribution in [-0.2, 0) is 5.41 Å². The lowest BCUT2D eigenvalue weighted by molar-refractivity contribution is 0.0926. The van der Waals surface area contributed by atoms with Crippen molar-refractivity contribution in [3.8, 4) is 16.9 Å². The number of hydrogen-bond donors (Lipinski definition) is 2. The first-order chi connectivity index (χ1) is 14.2. The Hall–Kier alpha value is -3.60. The number of phenolic OH excluding ortho intramolecular Hbond substituents is 1. The molecule has 152 valence electrons. The molecular weight excluding hydrogens is 376 g/mol. The summed E-state index contributed by atoms with van der Waals surface area (Å²) >= 11 is 0. The fraction of sp³-hybridized carbons (Fsp3) is 0.200. The number of carbonyl (C=O) groups is 2. The van der Waals surface area contributed by atoms with E-state index in [1.165, 1.54) is 11.6 Å². The van der Waals surface area contributed by atoms with Gasteiger partial charge in [-0.25, -0.2) is 4.90 Å². The number of nitrogens with zero attached hydrogens (tertiary/aromatic N) is 1. The highest BCUT2D eigenvalue weighted by Crippen LogP contribution is 2.35. The topological polar surface area (TPSA) is 69.6 Å². The van der Waals surface area contributed by atoms with Crippen LogP contribution < -0.4 is 10.2 Å². The maximum atomic E-state index is 13.1. The van der Waals surface area contributed by atoms with Crippen LogP contribution in [0.4, 0.5) is 11.4 Å². The predicted octanol–water partition coefficient (Wildman–Crippen LogP) is 5.20. The minimum absolute atomic E-state index is 0.0545. The van der Waals surface area contributed by atoms with Gasteiger partial charge in [0.1, 0.15) is 5.75 Å². The highest BCUT2D eigenvalue weighted by molar-refractivity contribution is 6.34. The highest BCUT2D eigenvalue weighted by atomic mass is 16.3. The van der Waals surface area contributed by atoms with Gasteiger partial charge < -0.3 is 10.4 Å². The van der Waals surface area contributed by atoms with Crippen molar-refractivity contribution < 1.29 is 14.7 Å². The third-order valence-electron chi connectivity index (χ3n) is 5.48. The van der Waals surface area contributed by atoms with Gasteiger partial charge >= 0.3 is 0 Å². The molecule has 3 aromatic carbocycles. The van der Waals surface area contributed by atoms with Gasteiger partial charge in [0.25, 0.3) is 11.8 Å². The summed E-state index contributed by atoms with van der Waals surface area (Å²) in [6, 6.07) is 18.2. The molecule has 0 atom stereocenters. The number of fused-ring (bicyclic) bond motifs is 1. The molecule has 2 amide bonds. The van der Waals surface area contributed by atoms with Crippen LogP contribution in [-0.4, -0.2) is 24.0 Å². The van der Waals surface area contributed by atoms with Gasteiger partial charge in [-0.15, -0.1) is 0 Å². The Labute approximate surface area is 176 Å². The average Bonchev–Trinajstić information content (AvgIpc) is 2.98. The molecule has 5 heteroatoms. The summed E-state index contributed by atoms with van der Waals surface area (Å²) in [6.45, 7) is 6.50. The predicted molar refractivity (Wildman–Crippen MR) is 119 cm³/mol. The van der Waals surface area contributed by atoms with Crippen LogP contribution in [0.15, 0.2) is 60.7 Å². The fourth-order valence-electron chi connectivity index (χ4n) is 3.68. The third kappa shape index (κ3) is 3.22. The Balaban J connectivity index is 1.70. The second-order valence-electron chi connectivity index (χ2n) is 8.48. The number of phenols is 1. The number of aromatic hydroxyl groups is 1. The van der Waals surface area contributed by atoms with E-state index in [0.717, 1.165) is 16.0 Å². The van der Waals surface area contributed by atoms with Crippen molar-refractivity contribution in [2.45, 2.75) is 26.2 Å². The average molecular weight is 400 g/mol. The number of amides is 2. The number of benzene rings is 3. The Morgan fingerprint density at radius 2 is 1.43 bits per heavy atom. The van der Waals surface area contributed by atoms with Crippen molar-refractivity contribution in [2.75, 3.05) is 17.3 Å². The van der Waals surface area contributed by atoms with Crippen molar-refractivity contribution in [3.05, 3.63) is 77.4 Å². The number of nitrogens with one attached hydrogen (secondary N) is 1. The van der Waals surface area contributed by atoms with E-state index in [9.17, 15) is 14.7 Å². The van der Waals surface area contributed by atoms with Crippen molar-refractivity contribution in [1.29, 1.82) is 0 Å². The van der Waals surface area contributed by atoms with Crippen molar-refractivity contribution >= 4 is 23.2 Å². The molecule has 30 heavy (non-hydrogen) atoms. The van der Waals surface area contributed by atoms with Gasteiger partial charge in [-0.2, -0.15) is 0 Å². The molecule has 4 rings (SSSR count). The summed E-state index contributed by atoms with van der Waals surface area (Å²) in [5.41, 5.74) is 4.81. The number of rotatable bonds is 3. The van der Waals surface area contributed by atoms with E-state index in [1.807, 2.05) is 18.2 Å². The molecule has 0 aromatic heterocycles. The standard InChI is InChI=1S/C25H24N2O3/c1-25(2,3)17-8-5-15(6-9-17)16-7-11-19-20(13-16)24(30)27(23(19)29)18-10-12-22(28)21(14-18)26-4/h5-14,26,28H,1-4H3. The first-order valence-corrected chi connectivity index (χ1v) is 9.85. The Morgan fingerprint density at radius 1 is 0.800 bits per heavy atom. The molecule has 0 bridgehead atoms. The molecule has 1 aliphatic rings. The first-order valence-electron chi connectivity index (χ1n) is 9.85. The van der Waals surface area contributed by atoms with E-state index in [1.54, 1.807) is 31.3 Å². The molecule has 0 unspecified atom stereocenters. The highest BCUT2D eigenvalue weighted by Gasteiger charge is 2.37. The molecule has 2 N–H and O–H groups in total. The van der Waals surface area contributed by atoms with E-state index < -0.39 is 0 Å². The zero-order chi connectivity index (χ0) is 21.6. The zero-order valence-corrected chi connectivity index (χ0v) is 17.5. The van der Waals surface area contributed by atoms with E-state index >= 15 is 0 Å². The van der Waals surface area contributed by atoms with Crippen LogP contribution in [0, 0.1) is 0 Å². The normalized spacial score (nSPS) is 13.5. The quantitative estimate of drug-likeness (QED) is 0.468. The maximum Gasteiger partial charge on any atom is 0.266 e. The summed E-state index contributed by atoms with van der Waals surface area (Å²) in [5, 5.41) is 12.7. The van der Waals surface area contributed by atoms with E-state index in [0.29, 0.717) is 22.5 Å². The summed E-state index contributed by atoms with van der Waals surface area (Å²) < 4.78 is 0. The second kappa shape index (κ2) is 7.02. The second-order valence-corrected chi connectivity index (χ2v) is 8.48. The molecule has 0 saturated carbocycles. The number of anilines is 2. The SMILES string of the molecule is CNc1cc(N2C(=O)c3ccc(-c4ccc(C(C)(C)C)cc4)cc3C2=O)ccc1O. The van der Waals surface area contributed by atoms with Crippen LogP contribution in [0.5, 0.6) is 5.75 Å². The minimum Gasteiger partial charge on any atom is -0.506 e. The zero-order valence-electron chi connectivity index (χ0n) is 17.5. The van der Waals surface area contributed by atoms with Gasteiger partial charge in [0.15, 0.2) is 0 Å². The van der Waals surface area contributed by atoms with E-state index in [2.05, 4.69) is 38.2 Å². The van der Waals surface area contributed by atoms with E-state index in [-0.39, 0.29) is 23.0 Å².